The van der Waals surface area contributed by atoms with E-state index >= 15 is 0 Å². The van der Waals surface area contributed by atoms with E-state index in [0.29, 0.717) is 19.5 Å². The molecule has 1 aromatic rings. The van der Waals surface area contributed by atoms with Gasteiger partial charge < -0.3 is 15.5 Å². The number of carbonyl (C=O) groups is 2. The van der Waals surface area contributed by atoms with Crippen LogP contribution < -0.4 is 10.6 Å². The van der Waals surface area contributed by atoms with Crippen molar-refractivity contribution in [1.82, 2.24) is 20.5 Å². The standard InChI is InChI=1S/C17H26N4O2.ClH/c1-17(2,3)9-15(22)20-12-16(23)21-8-7-19-11-14(21)13-5-4-6-18-10-13;/h4-6,10,14,19H,7-9,11-12H2,1-3H3,(H,20,22);1H. The molecule has 0 spiro atoms. The van der Waals surface area contributed by atoms with Crippen molar-refractivity contribution in [2.75, 3.05) is 26.2 Å². The minimum atomic E-state index is -0.0843. The molecule has 0 radical (unpaired) electrons. The van der Waals surface area contributed by atoms with Crippen molar-refractivity contribution in [2.45, 2.75) is 33.2 Å². The Labute approximate surface area is 149 Å². The predicted molar refractivity (Wildman–Crippen MR) is 95.9 cm³/mol. The molecule has 0 bridgehead atoms. The van der Waals surface area contributed by atoms with E-state index in [-0.39, 0.29) is 42.2 Å². The van der Waals surface area contributed by atoms with Gasteiger partial charge in [0.25, 0.3) is 0 Å². The van der Waals surface area contributed by atoms with Gasteiger partial charge in [-0.05, 0) is 17.0 Å². The molecule has 1 aliphatic heterocycles. The molecular formula is C17H27ClN4O2. The summed E-state index contributed by atoms with van der Waals surface area (Å²) in [5.41, 5.74) is 0.925. The number of pyridine rings is 1. The maximum Gasteiger partial charge on any atom is 0.242 e. The molecular weight excluding hydrogens is 328 g/mol. The molecule has 0 aromatic carbocycles. The van der Waals surface area contributed by atoms with Crippen molar-refractivity contribution >= 4 is 24.2 Å². The molecule has 0 aliphatic carbocycles. The first kappa shape index (κ1) is 20.4. The van der Waals surface area contributed by atoms with Crippen LogP contribution in [0, 0.1) is 5.41 Å². The van der Waals surface area contributed by atoms with E-state index in [1.165, 1.54) is 0 Å². The van der Waals surface area contributed by atoms with E-state index in [0.717, 1.165) is 12.1 Å². The van der Waals surface area contributed by atoms with E-state index in [1.54, 1.807) is 12.4 Å². The highest BCUT2D eigenvalue weighted by molar-refractivity contribution is 5.85. The summed E-state index contributed by atoms with van der Waals surface area (Å²) in [4.78, 5) is 30.4. The molecule has 1 unspecified atom stereocenters. The Morgan fingerprint density at radius 1 is 1.42 bits per heavy atom. The summed E-state index contributed by atoms with van der Waals surface area (Å²) in [5, 5.41) is 6.05. The number of nitrogens with one attached hydrogen (secondary N) is 2. The predicted octanol–water partition coefficient (Wildman–Crippen LogP) is 1.53. The number of halogens is 1. The van der Waals surface area contributed by atoms with E-state index in [1.807, 2.05) is 37.8 Å². The minimum absolute atomic E-state index is 0. The van der Waals surface area contributed by atoms with E-state index in [9.17, 15) is 9.59 Å². The molecule has 24 heavy (non-hydrogen) atoms. The SMILES string of the molecule is CC(C)(C)CC(=O)NCC(=O)N1CCNCC1c1cccnc1.Cl. The quantitative estimate of drug-likeness (QED) is 0.860. The molecule has 6 nitrogen and oxygen atoms in total. The number of aromatic nitrogens is 1. The van der Waals surface area contributed by atoms with Crippen molar-refractivity contribution in [3.8, 4) is 0 Å². The molecule has 1 aromatic heterocycles. The number of hydrogen-bond acceptors (Lipinski definition) is 4. The smallest absolute Gasteiger partial charge is 0.242 e. The first-order valence-electron chi connectivity index (χ1n) is 8.03. The lowest BCUT2D eigenvalue weighted by atomic mass is 9.92. The third kappa shape index (κ3) is 6.09. The van der Waals surface area contributed by atoms with Crippen LogP contribution in [-0.2, 0) is 9.59 Å². The van der Waals surface area contributed by atoms with Crippen LogP contribution in [0.1, 0.15) is 38.8 Å². The molecule has 1 aliphatic rings. The van der Waals surface area contributed by atoms with Crippen LogP contribution in [-0.4, -0.2) is 47.9 Å². The zero-order valence-electron chi connectivity index (χ0n) is 14.5. The van der Waals surface area contributed by atoms with Crippen molar-refractivity contribution in [2.24, 2.45) is 5.41 Å². The van der Waals surface area contributed by atoms with Crippen LogP contribution in [0.4, 0.5) is 0 Å². The molecule has 1 saturated heterocycles. The molecule has 1 fully saturated rings. The van der Waals surface area contributed by atoms with E-state index < -0.39 is 0 Å². The number of carbonyl (C=O) groups excluding carboxylic acids is 2. The Kier molecular flexibility index (Phi) is 7.63. The normalized spacial score (nSPS) is 17.8. The van der Waals surface area contributed by atoms with Crippen LogP contribution in [0.3, 0.4) is 0 Å². The number of hydrogen-bond donors (Lipinski definition) is 2. The molecule has 7 heteroatoms. The van der Waals surface area contributed by atoms with Gasteiger partial charge in [0, 0.05) is 38.4 Å². The lowest BCUT2D eigenvalue weighted by Gasteiger charge is -2.36. The van der Waals surface area contributed by atoms with Crippen LogP contribution in [0.5, 0.6) is 0 Å². The first-order valence-corrected chi connectivity index (χ1v) is 8.03. The molecule has 134 valence electrons. The van der Waals surface area contributed by atoms with E-state index in [4.69, 9.17) is 0 Å². The summed E-state index contributed by atoms with van der Waals surface area (Å²) in [5.74, 6) is -0.137. The lowest BCUT2D eigenvalue weighted by Crippen LogP contribution is -2.51. The Morgan fingerprint density at radius 2 is 2.17 bits per heavy atom. The molecule has 2 rings (SSSR count). The van der Waals surface area contributed by atoms with Gasteiger partial charge in [-0.15, -0.1) is 12.4 Å². The Balaban J connectivity index is 0.00000288. The number of rotatable bonds is 4. The van der Waals surface area contributed by atoms with Crippen LogP contribution in [0.15, 0.2) is 24.5 Å². The van der Waals surface area contributed by atoms with Gasteiger partial charge in [0.1, 0.15) is 0 Å². The van der Waals surface area contributed by atoms with Gasteiger partial charge in [-0.1, -0.05) is 26.8 Å². The molecule has 1 atom stereocenters. The van der Waals surface area contributed by atoms with Gasteiger partial charge in [0.2, 0.25) is 11.8 Å². The van der Waals surface area contributed by atoms with E-state index in [2.05, 4.69) is 15.6 Å². The second kappa shape index (κ2) is 8.99. The summed E-state index contributed by atoms with van der Waals surface area (Å²) in [6.07, 6.45) is 3.92. The summed E-state index contributed by atoms with van der Waals surface area (Å²) >= 11 is 0. The Hall–Kier alpha value is -1.66. The zero-order chi connectivity index (χ0) is 16.9. The highest BCUT2D eigenvalue weighted by Gasteiger charge is 2.28. The first-order chi connectivity index (χ1) is 10.9. The number of piperazine rings is 1. The Morgan fingerprint density at radius 3 is 2.79 bits per heavy atom. The highest BCUT2D eigenvalue weighted by Crippen LogP contribution is 2.21. The average Bonchev–Trinajstić information content (AvgIpc) is 2.52. The summed E-state index contributed by atoms with van der Waals surface area (Å²) in [6, 6.07) is 3.81. The number of nitrogens with zero attached hydrogens (tertiary/aromatic N) is 2. The molecule has 0 saturated carbocycles. The topological polar surface area (TPSA) is 74.3 Å². The van der Waals surface area contributed by atoms with Crippen LogP contribution >= 0.6 is 12.4 Å². The molecule has 2 amide bonds. The van der Waals surface area contributed by atoms with Gasteiger partial charge in [-0.3, -0.25) is 14.6 Å². The second-order valence-corrected chi connectivity index (χ2v) is 7.11. The summed E-state index contributed by atoms with van der Waals surface area (Å²) < 4.78 is 0. The van der Waals surface area contributed by atoms with Crippen molar-refractivity contribution in [3.05, 3.63) is 30.1 Å². The third-order valence-electron chi connectivity index (χ3n) is 3.76. The largest absolute Gasteiger partial charge is 0.347 e. The Bertz CT molecular complexity index is 545. The maximum atomic E-state index is 12.5. The third-order valence-corrected chi connectivity index (χ3v) is 3.76. The van der Waals surface area contributed by atoms with Crippen molar-refractivity contribution in [3.63, 3.8) is 0 Å². The van der Waals surface area contributed by atoms with Crippen LogP contribution in [0.2, 0.25) is 0 Å². The summed E-state index contributed by atoms with van der Waals surface area (Å²) in [7, 11) is 0. The van der Waals surface area contributed by atoms with Gasteiger partial charge >= 0.3 is 0 Å². The fourth-order valence-corrected chi connectivity index (χ4v) is 2.69. The monoisotopic (exact) mass is 354 g/mol. The molecule has 2 heterocycles. The minimum Gasteiger partial charge on any atom is -0.347 e. The van der Waals surface area contributed by atoms with Gasteiger partial charge in [0.05, 0.1) is 12.6 Å². The fraction of sp³-hybridized carbons (Fsp3) is 0.588. The maximum absolute atomic E-state index is 12.5. The highest BCUT2D eigenvalue weighted by atomic mass is 35.5. The van der Waals surface area contributed by atoms with Gasteiger partial charge in [-0.25, -0.2) is 0 Å². The zero-order valence-corrected chi connectivity index (χ0v) is 15.4. The van der Waals surface area contributed by atoms with Crippen molar-refractivity contribution < 1.29 is 9.59 Å². The summed E-state index contributed by atoms with van der Waals surface area (Å²) in [6.45, 7) is 8.15. The lowest BCUT2D eigenvalue weighted by molar-refractivity contribution is -0.136. The van der Waals surface area contributed by atoms with Crippen LogP contribution in [0.25, 0.3) is 0 Å². The fourth-order valence-electron chi connectivity index (χ4n) is 2.69. The van der Waals surface area contributed by atoms with Gasteiger partial charge in [0.15, 0.2) is 0 Å². The van der Waals surface area contributed by atoms with Crippen molar-refractivity contribution in [1.29, 1.82) is 0 Å². The molecule has 2 N–H and O–H groups in total. The van der Waals surface area contributed by atoms with Gasteiger partial charge in [-0.2, -0.15) is 0 Å². The second-order valence-electron chi connectivity index (χ2n) is 7.11. The number of amides is 2. The average molecular weight is 355 g/mol.